The van der Waals surface area contributed by atoms with E-state index in [0.29, 0.717) is 11.5 Å². The van der Waals surface area contributed by atoms with E-state index in [1.165, 1.54) is 12.8 Å². The van der Waals surface area contributed by atoms with Gasteiger partial charge in [0.05, 0.1) is 0 Å². The molecule has 0 saturated heterocycles. The van der Waals surface area contributed by atoms with Gasteiger partial charge in [0.1, 0.15) is 0 Å². The highest BCUT2D eigenvalue weighted by molar-refractivity contribution is 4.89. The fourth-order valence-corrected chi connectivity index (χ4v) is 2.59. The van der Waals surface area contributed by atoms with Crippen LogP contribution in [0, 0.1) is 17.3 Å². The lowest BCUT2D eigenvalue weighted by Crippen LogP contribution is -2.46. The Labute approximate surface area is 97.2 Å². The molecule has 0 radical (unpaired) electrons. The Morgan fingerprint density at radius 2 is 1.53 bits per heavy atom. The van der Waals surface area contributed by atoms with Gasteiger partial charge in [-0.05, 0) is 44.7 Å². The van der Waals surface area contributed by atoms with Crippen LogP contribution in [0.1, 0.15) is 54.4 Å². The number of hydrogen-bond donors (Lipinski definition) is 0. The molecular weight excluding hydrogens is 182 g/mol. The van der Waals surface area contributed by atoms with Crippen molar-refractivity contribution >= 4 is 0 Å². The van der Waals surface area contributed by atoms with E-state index >= 15 is 0 Å². The van der Waals surface area contributed by atoms with Crippen LogP contribution in [0.2, 0.25) is 0 Å². The summed E-state index contributed by atoms with van der Waals surface area (Å²) < 4.78 is 0. The third kappa shape index (κ3) is 3.21. The first-order chi connectivity index (χ1) is 6.81. The van der Waals surface area contributed by atoms with Crippen LogP contribution in [0.3, 0.4) is 0 Å². The molecular formula is C14H31N. The van der Waals surface area contributed by atoms with Crippen LogP contribution in [-0.2, 0) is 0 Å². The molecule has 0 bridgehead atoms. The summed E-state index contributed by atoms with van der Waals surface area (Å²) in [4.78, 5) is 2.36. The van der Waals surface area contributed by atoms with Crippen LogP contribution in [0.25, 0.3) is 0 Å². The second-order valence-corrected chi connectivity index (χ2v) is 5.67. The number of nitrogens with zero attached hydrogens (tertiary/aromatic N) is 1. The lowest BCUT2D eigenvalue weighted by molar-refractivity contribution is 0.0412. The van der Waals surface area contributed by atoms with Crippen molar-refractivity contribution in [2.24, 2.45) is 17.3 Å². The molecule has 0 aromatic rings. The smallest absolute Gasteiger partial charge is 0.0117 e. The van der Waals surface area contributed by atoms with Gasteiger partial charge in [-0.3, -0.25) is 0 Å². The average Bonchev–Trinajstić information content (AvgIpc) is 2.24. The van der Waals surface area contributed by atoms with Crippen molar-refractivity contribution in [2.75, 3.05) is 14.1 Å². The second kappa shape index (κ2) is 5.89. The van der Waals surface area contributed by atoms with Crippen molar-refractivity contribution in [3.63, 3.8) is 0 Å². The van der Waals surface area contributed by atoms with Gasteiger partial charge in [0.2, 0.25) is 0 Å². The molecule has 0 aliphatic carbocycles. The standard InChI is InChI=1S/C14H31N/c1-9-11(3)12(4)14(6,10-2)13(5)15(7)8/h11-13H,9-10H2,1-8H3. The summed E-state index contributed by atoms with van der Waals surface area (Å²) in [5.74, 6) is 1.60. The zero-order valence-electron chi connectivity index (χ0n) is 12.1. The first-order valence-corrected chi connectivity index (χ1v) is 6.47. The Kier molecular flexibility index (Phi) is 5.87. The maximum Gasteiger partial charge on any atom is 0.0117 e. The Morgan fingerprint density at radius 3 is 1.80 bits per heavy atom. The molecule has 0 aliphatic rings. The minimum Gasteiger partial charge on any atom is -0.306 e. The van der Waals surface area contributed by atoms with Gasteiger partial charge < -0.3 is 4.90 Å². The van der Waals surface area contributed by atoms with Crippen LogP contribution in [-0.4, -0.2) is 25.0 Å². The fraction of sp³-hybridized carbons (Fsp3) is 1.00. The van der Waals surface area contributed by atoms with E-state index in [-0.39, 0.29) is 0 Å². The SMILES string of the molecule is CCC(C)C(C)C(C)(CC)C(C)N(C)C. The molecule has 0 fully saturated rings. The Bertz CT molecular complexity index is 176. The molecule has 0 N–H and O–H groups in total. The molecule has 0 spiro atoms. The number of hydrogen-bond acceptors (Lipinski definition) is 1. The zero-order valence-corrected chi connectivity index (χ0v) is 12.1. The molecule has 1 nitrogen and oxygen atoms in total. The van der Waals surface area contributed by atoms with Gasteiger partial charge in [0.25, 0.3) is 0 Å². The molecule has 0 aromatic carbocycles. The third-order valence-corrected chi connectivity index (χ3v) is 5.03. The van der Waals surface area contributed by atoms with E-state index in [4.69, 9.17) is 0 Å². The van der Waals surface area contributed by atoms with Crippen molar-refractivity contribution in [3.05, 3.63) is 0 Å². The molecule has 0 aromatic heterocycles. The molecule has 92 valence electrons. The molecule has 4 atom stereocenters. The number of rotatable bonds is 6. The van der Waals surface area contributed by atoms with Crippen molar-refractivity contribution in [1.29, 1.82) is 0 Å². The average molecular weight is 213 g/mol. The minimum absolute atomic E-state index is 0.429. The molecule has 0 heterocycles. The van der Waals surface area contributed by atoms with Crippen LogP contribution in [0.4, 0.5) is 0 Å². The minimum atomic E-state index is 0.429. The van der Waals surface area contributed by atoms with Crippen LogP contribution in [0.5, 0.6) is 0 Å². The molecule has 0 aliphatic heterocycles. The van der Waals surface area contributed by atoms with Crippen molar-refractivity contribution in [1.82, 2.24) is 4.90 Å². The summed E-state index contributed by atoms with van der Waals surface area (Å²) >= 11 is 0. The molecule has 15 heavy (non-hydrogen) atoms. The van der Waals surface area contributed by atoms with E-state index in [2.05, 4.69) is 60.5 Å². The third-order valence-electron chi connectivity index (χ3n) is 5.03. The molecule has 0 rings (SSSR count). The van der Waals surface area contributed by atoms with Crippen LogP contribution < -0.4 is 0 Å². The normalized spacial score (nSPS) is 22.2. The lowest BCUT2D eigenvalue weighted by atomic mass is 9.65. The Hall–Kier alpha value is -0.0400. The quantitative estimate of drug-likeness (QED) is 0.644. The maximum absolute atomic E-state index is 2.45. The van der Waals surface area contributed by atoms with Gasteiger partial charge in [-0.25, -0.2) is 0 Å². The summed E-state index contributed by atoms with van der Waals surface area (Å²) in [6, 6.07) is 0.645. The van der Waals surface area contributed by atoms with Gasteiger partial charge in [0.15, 0.2) is 0 Å². The largest absolute Gasteiger partial charge is 0.306 e. The summed E-state index contributed by atoms with van der Waals surface area (Å²) in [6.45, 7) is 14.3. The van der Waals surface area contributed by atoms with E-state index < -0.39 is 0 Å². The van der Waals surface area contributed by atoms with E-state index in [9.17, 15) is 0 Å². The predicted molar refractivity (Wildman–Crippen MR) is 70.2 cm³/mol. The van der Waals surface area contributed by atoms with Crippen molar-refractivity contribution < 1.29 is 0 Å². The van der Waals surface area contributed by atoms with Crippen LogP contribution in [0.15, 0.2) is 0 Å². The van der Waals surface area contributed by atoms with Crippen molar-refractivity contribution in [2.45, 2.75) is 60.4 Å². The highest BCUT2D eigenvalue weighted by Gasteiger charge is 2.37. The van der Waals surface area contributed by atoms with Gasteiger partial charge >= 0.3 is 0 Å². The second-order valence-electron chi connectivity index (χ2n) is 5.67. The van der Waals surface area contributed by atoms with E-state index in [1.807, 2.05) is 0 Å². The monoisotopic (exact) mass is 213 g/mol. The maximum atomic E-state index is 2.45. The summed E-state index contributed by atoms with van der Waals surface area (Å²) in [7, 11) is 4.39. The highest BCUT2D eigenvalue weighted by atomic mass is 15.1. The van der Waals surface area contributed by atoms with Gasteiger partial charge in [-0.15, -0.1) is 0 Å². The Balaban J connectivity index is 4.82. The fourth-order valence-electron chi connectivity index (χ4n) is 2.59. The molecule has 1 heteroatoms. The Morgan fingerprint density at radius 1 is 1.07 bits per heavy atom. The highest BCUT2D eigenvalue weighted by Crippen LogP contribution is 2.41. The lowest BCUT2D eigenvalue weighted by Gasteiger charge is -2.45. The predicted octanol–water partition coefficient (Wildman–Crippen LogP) is 4.04. The van der Waals surface area contributed by atoms with Crippen LogP contribution >= 0.6 is 0 Å². The van der Waals surface area contributed by atoms with Gasteiger partial charge in [-0.1, -0.05) is 41.0 Å². The summed E-state index contributed by atoms with van der Waals surface area (Å²) in [6.07, 6.45) is 2.55. The molecule has 0 saturated carbocycles. The van der Waals surface area contributed by atoms with Crippen molar-refractivity contribution in [3.8, 4) is 0 Å². The van der Waals surface area contributed by atoms with E-state index in [1.54, 1.807) is 0 Å². The summed E-state index contributed by atoms with van der Waals surface area (Å²) in [5, 5.41) is 0. The summed E-state index contributed by atoms with van der Waals surface area (Å²) in [5.41, 5.74) is 0.429. The molecule has 0 amide bonds. The zero-order chi connectivity index (χ0) is 12.2. The van der Waals surface area contributed by atoms with Gasteiger partial charge in [0, 0.05) is 6.04 Å². The first-order valence-electron chi connectivity index (χ1n) is 6.47. The first kappa shape index (κ1) is 15.0. The van der Waals surface area contributed by atoms with E-state index in [0.717, 1.165) is 11.8 Å². The topological polar surface area (TPSA) is 3.24 Å². The molecule has 4 unspecified atom stereocenters. The van der Waals surface area contributed by atoms with Gasteiger partial charge in [-0.2, -0.15) is 0 Å².